The lowest BCUT2D eigenvalue weighted by molar-refractivity contribution is -0.991. The molecule has 4 aliphatic carbocycles. The van der Waals surface area contributed by atoms with Crippen LogP contribution in [0.2, 0.25) is 0 Å². The fourth-order valence-electron chi connectivity index (χ4n) is 7.16. The number of rotatable bonds is 5. The average Bonchev–Trinajstić information content (AvgIpc) is 3.24. The summed E-state index contributed by atoms with van der Waals surface area (Å²) in [6, 6.07) is 15.0. The van der Waals surface area contributed by atoms with Crippen LogP contribution in [0.15, 0.2) is 53.7 Å². The molecule has 4 saturated carbocycles. The number of hydrogen-bond acceptors (Lipinski definition) is 6. The molecule has 2 unspecified atom stereocenters. The zero-order chi connectivity index (χ0) is 21.9. The highest BCUT2D eigenvalue weighted by molar-refractivity contribution is 6.00. The van der Waals surface area contributed by atoms with Crippen LogP contribution in [0.3, 0.4) is 0 Å². The van der Waals surface area contributed by atoms with Crippen molar-refractivity contribution >= 4 is 11.5 Å². The molecule has 0 saturated heterocycles. The SMILES string of the molecule is COc1ccccc1C1ON=C(c2ccc([NH+]([O-])O)cc2)N1C12CC3CC(CC(C3)C1)C2. The summed E-state index contributed by atoms with van der Waals surface area (Å²) in [5.41, 5.74) is 2.16. The Balaban J connectivity index is 1.44. The van der Waals surface area contributed by atoms with Crippen molar-refractivity contribution in [3.05, 3.63) is 64.9 Å². The molecule has 7 rings (SSSR count). The number of amidine groups is 1. The van der Waals surface area contributed by atoms with Crippen molar-refractivity contribution in [2.24, 2.45) is 22.9 Å². The van der Waals surface area contributed by atoms with Gasteiger partial charge in [-0.1, -0.05) is 17.3 Å². The maximum absolute atomic E-state index is 11.4. The number of ether oxygens (including phenoxy) is 1. The minimum Gasteiger partial charge on any atom is -0.595 e. The van der Waals surface area contributed by atoms with Gasteiger partial charge in [-0.05, 0) is 80.5 Å². The molecule has 0 spiro atoms. The number of benzene rings is 2. The van der Waals surface area contributed by atoms with Crippen molar-refractivity contribution in [1.29, 1.82) is 0 Å². The second-order valence-corrected chi connectivity index (χ2v) is 10.0. The van der Waals surface area contributed by atoms with Gasteiger partial charge in [-0.25, -0.2) is 5.21 Å². The topological polar surface area (TPSA) is 81.8 Å². The number of hydrogen-bond donors (Lipinski definition) is 2. The van der Waals surface area contributed by atoms with Gasteiger partial charge in [0, 0.05) is 23.2 Å². The summed E-state index contributed by atoms with van der Waals surface area (Å²) < 4.78 is 5.69. The number of oxime groups is 1. The molecule has 2 aromatic rings. The van der Waals surface area contributed by atoms with Crippen molar-refractivity contribution in [2.75, 3.05) is 7.11 Å². The Morgan fingerprint density at radius 1 is 1.03 bits per heavy atom. The van der Waals surface area contributed by atoms with E-state index in [1.54, 1.807) is 19.2 Å². The molecule has 7 nitrogen and oxygen atoms in total. The molecule has 32 heavy (non-hydrogen) atoms. The third kappa shape index (κ3) is 3.10. The van der Waals surface area contributed by atoms with Crippen LogP contribution in [-0.4, -0.2) is 28.6 Å². The lowest BCUT2D eigenvalue weighted by atomic mass is 9.52. The van der Waals surface area contributed by atoms with Gasteiger partial charge in [0.05, 0.1) is 12.7 Å². The third-order valence-corrected chi connectivity index (χ3v) is 8.01. The van der Waals surface area contributed by atoms with Crippen molar-refractivity contribution in [3.63, 3.8) is 0 Å². The van der Waals surface area contributed by atoms with Gasteiger partial charge < -0.3 is 19.7 Å². The molecule has 0 aromatic heterocycles. The van der Waals surface area contributed by atoms with Gasteiger partial charge in [-0.3, -0.25) is 0 Å². The molecular weight excluding hydrogens is 406 g/mol. The van der Waals surface area contributed by atoms with Crippen LogP contribution in [0.25, 0.3) is 0 Å². The van der Waals surface area contributed by atoms with E-state index in [1.807, 2.05) is 30.3 Å². The number of methoxy groups -OCH3 is 1. The van der Waals surface area contributed by atoms with Gasteiger partial charge in [0.1, 0.15) is 5.75 Å². The third-order valence-electron chi connectivity index (χ3n) is 8.01. The highest BCUT2D eigenvalue weighted by atomic mass is 16.8. The fourth-order valence-corrected chi connectivity index (χ4v) is 7.16. The maximum Gasteiger partial charge on any atom is 0.231 e. The van der Waals surface area contributed by atoms with Crippen LogP contribution in [-0.2, 0) is 4.84 Å². The first-order valence-electron chi connectivity index (χ1n) is 11.6. The molecule has 5 aliphatic rings. The summed E-state index contributed by atoms with van der Waals surface area (Å²) in [6.45, 7) is 0. The molecule has 168 valence electrons. The number of nitrogens with one attached hydrogen (secondary N) is 1. The monoisotopic (exact) mass is 435 g/mol. The van der Waals surface area contributed by atoms with Crippen molar-refractivity contribution in [1.82, 2.24) is 4.90 Å². The van der Waals surface area contributed by atoms with E-state index in [-0.39, 0.29) is 17.5 Å². The molecular formula is C25H29N3O4. The van der Waals surface area contributed by atoms with Gasteiger partial charge in [-0.15, -0.1) is 0 Å². The Morgan fingerprint density at radius 2 is 1.66 bits per heavy atom. The van der Waals surface area contributed by atoms with Crippen LogP contribution < -0.4 is 9.96 Å². The molecule has 1 aliphatic heterocycles. The summed E-state index contributed by atoms with van der Waals surface area (Å²) in [5.74, 6) is 3.92. The van der Waals surface area contributed by atoms with Crippen LogP contribution >= 0.6 is 0 Å². The van der Waals surface area contributed by atoms with Crippen molar-refractivity contribution < 1.29 is 20.0 Å². The van der Waals surface area contributed by atoms with Crippen molar-refractivity contribution in [3.8, 4) is 5.75 Å². The zero-order valence-electron chi connectivity index (χ0n) is 18.2. The smallest absolute Gasteiger partial charge is 0.231 e. The lowest BCUT2D eigenvalue weighted by Gasteiger charge is -2.60. The predicted molar refractivity (Wildman–Crippen MR) is 118 cm³/mol. The van der Waals surface area contributed by atoms with E-state index in [1.165, 1.54) is 38.5 Å². The number of nitrogens with zero attached hydrogens (tertiary/aromatic N) is 2. The highest BCUT2D eigenvalue weighted by Crippen LogP contribution is 2.60. The zero-order valence-corrected chi connectivity index (χ0v) is 18.2. The molecule has 2 N–H and O–H groups in total. The van der Waals surface area contributed by atoms with E-state index >= 15 is 0 Å². The lowest BCUT2D eigenvalue weighted by Crippen LogP contribution is -2.99. The molecule has 1 heterocycles. The van der Waals surface area contributed by atoms with E-state index in [0.29, 0.717) is 0 Å². The predicted octanol–water partition coefficient (Wildman–Crippen LogP) is 3.76. The second kappa shape index (κ2) is 7.47. The fraction of sp³-hybridized carbons (Fsp3) is 0.480. The quantitative estimate of drug-likeness (QED) is 0.699. The van der Waals surface area contributed by atoms with Crippen molar-refractivity contribution in [2.45, 2.75) is 50.3 Å². The van der Waals surface area contributed by atoms with Gasteiger partial charge in [0.25, 0.3) is 0 Å². The Morgan fingerprint density at radius 3 is 2.25 bits per heavy atom. The highest BCUT2D eigenvalue weighted by Gasteiger charge is 2.57. The van der Waals surface area contributed by atoms with Gasteiger partial charge >= 0.3 is 0 Å². The molecule has 4 bridgehead atoms. The largest absolute Gasteiger partial charge is 0.595 e. The number of quaternary nitrogens is 1. The molecule has 0 radical (unpaired) electrons. The Bertz CT molecular complexity index is 1000. The van der Waals surface area contributed by atoms with Gasteiger partial charge in [0.15, 0.2) is 11.5 Å². The molecule has 2 aromatic carbocycles. The average molecular weight is 436 g/mol. The first-order chi connectivity index (χ1) is 15.6. The standard InChI is InChI=1S/C25H29N3O4/c1-31-22-5-3-2-4-21(22)24-27(25-13-16-10-17(14-25)12-18(11-16)15-25)23(26-32-24)19-6-8-20(9-7-19)28(29)30/h2-9,16-18,24,28-29H,10-15H2,1H3. The second-order valence-electron chi connectivity index (χ2n) is 10.0. The van der Waals surface area contributed by atoms with Gasteiger partial charge in [-0.2, -0.15) is 5.23 Å². The minimum atomic E-state index is -0.925. The van der Waals surface area contributed by atoms with Crippen LogP contribution in [0.5, 0.6) is 5.75 Å². The summed E-state index contributed by atoms with van der Waals surface area (Å²) in [6.07, 6.45) is 7.21. The molecule has 2 atom stereocenters. The molecule has 4 fully saturated rings. The van der Waals surface area contributed by atoms with Crippen LogP contribution in [0.4, 0.5) is 5.69 Å². The van der Waals surface area contributed by atoms with Crippen LogP contribution in [0, 0.1) is 23.0 Å². The first kappa shape index (κ1) is 20.0. The van der Waals surface area contributed by atoms with E-state index in [9.17, 15) is 10.4 Å². The summed E-state index contributed by atoms with van der Waals surface area (Å²) in [4.78, 5) is 8.57. The molecule has 7 heteroatoms. The van der Waals surface area contributed by atoms with E-state index in [0.717, 1.165) is 40.5 Å². The normalized spacial score (nSPS) is 33.7. The summed E-state index contributed by atoms with van der Waals surface area (Å²) in [5, 5.41) is 24.3. The number of para-hydroxylation sites is 1. The van der Waals surface area contributed by atoms with Gasteiger partial charge in [0.2, 0.25) is 6.23 Å². The van der Waals surface area contributed by atoms with E-state index < -0.39 is 5.23 Å². The Labute approximate surface area is 187 Å². The van der Waals surface area contributed by atoms with Crippen LogP contribution in [0.1, 0.15) is 55.9 Å². The maximum atomic E-state index is 11.4. The first-order valence-corrected chi connectivity index (χ1v) is 11.6. The minimum absolute atomic E-state index is 0.0150. The summed E-state index contributed by atoms with van der Waals surface area (Å²) in [7, 11) is 1.69. The van der Waals surface area contributed by atoms with E-state index in [2.05, 4.69) is 16.1 Å². The summed E-state index contributed by atoms with van der Waals surface area (Å²) >= 11 is 0. The Kier molecular flexibility index (Phi) is 4.68. The Hall–Kier alpha value is -2.61. The van der Waals surface area contributed by atoms with E-state index in [4.69, 9.17) is 9.57 Å². The molecule has 0 amide bonds.